The molecule has 11 heteroatoms. The number of aromatic nitrogens is 2. The van der Waals surface area contributed by atoms with Crippen molar-refractivity contribution in [2.45, 2.75) is 0 Å². The fourth-order valence-electron chi connectivity index (χ4n) is 4.18. The molecule has 0 fully saturated rings. The Morgan fingerprint density at radius 1 is 0.744 bits per heavy atom. The van der Waals surface area contributed by atoms with Gasteiger partial charge in [-0.2, -0.15) is 0 Å². The van der Waals surface area contributed by atoms with Gasteiger partial charge in [-0.05, 0) is 36.4 Å². The highest BCUT2D eigenvalue weighted by Gasteiger charge is 2.16. The Hall–Kier alpha value is -5.09. The van der Waals surface area contributed by atoms with Crippen molar-refractivity contribution in [2.75, 3.05) is 19.5 Å². The maximum Gasteiger partial charge on any atom is 0.252 e. The highest BCUT2D eigenvalue weighted by Crippen LogP contribution is 2.37. The number of carbonyl (C=O) groups is 2. The quantitative estimate of drug-likeness (QED) is 0.242. The molecule has 0 aliphatic carbocycles. The van der Waals surface area contributed by atoms with Crippen molar-refractivity contribution in [3.63, 3.8) is 0 Å². The Morgan fingerprint density at radius 2 is 1.33 bits per heavy atom. The van der Waals surface area contributed by atoms with Crippen LogP contribution in [0, 0.1) is 0 Å². The van der Waals surface area contributed by atoms with Gasteiger partial charge in [0, 0.05) is 47.1 Å². The summed E-state index contributed by atoms with van der Waals surface area (Å²) in [5.74, 6) is 0.317. The van der Waals surface area contributed by atoms with Crippen molar-refractivity contribution >= 4 is 56.6 Å². The van der Waals surface area contributed by atoms with Gasteiger partial charge in [0.05, 0.1) is 47.1 Å². The first-order chi connectivity index (χ1) is 18.8. The number of nitrogens with two attached hydrogens (primary N) is 2. The van der Waals surface area contributed by atoms with Crippen LogP contribution in [0.5, 0.6) is 23.0 Å². The third-order valence-electron chi connectivity index (χ3n) is 6.05. The van der Waals surface area contributed by atoms with E-state index in [1.807, 2.05) is 0 Å². The Balaban J connectivity index is 1.47. The van der Waals surface area contributed by atoms with E-state index in [1.54, 1.807) is 67.0 Å². The highest BCUT2D eigenvalue weighted by molar-refractivity contribution is 6.33. The summed E-state index contributed by atoms with van der Waals surface area (Å²) in [7, 11) is 2.91. The lowest BCUT2D eigenvalue weighted by Crippen LogP contribution is -2.12. The number of halogens is 1. The predicted octanol–water partition coefficient (Wildman–Crippen LogP) is 5.19. The number of pyridine rings is 2. The van der Waals surface area contributed by atoms with Crippen LogP contribution in [0.1, 0.15) is 20.7 Å². The van der Waals surface area contributed by atoms with Gasteiger partial charge in [-0.1, -0.05) is 11.6 Å². The molecule has 0 bridgehead atoms. The molecule has 0 unspecified atom stereocenters. The number of rotatable bonds is 8. The standard InChI is InChI=1S/C28H22ClN5O5/c1-37-25-12-22-15(10-17(25)27(30)35)20(5-7-32-22)34-21-4-3-14(9-19(21)29)39-24-6-8-33-23-13-26(38-2)18(28(31)36)11-16(23)24/h3-13H,1-2H3,(H2,30,35)(H2,31,36)(H,32,34). The molecule has 0 atom stereocenters. The molecule has 10 nitrogen and oxygen atoms in total. The number of hydrogen-bond acceptors (Lipinski definition) is 8. The summed E-state index contributed by atoms with van der Waals surface area (Å²) < 4.78 is 16.7. The second kappa shape index (κ2) is 10.3. The van der Waals surface area contributed by atoms with Crippen LogP contribution in [0.2, 0.25) is 5.02 Å². The average Bonchev–Trinajstić information content (AvgIpc) is 2.93. The number of fused-ring (bicyclic) bond motifs is 2. The number of primary amides is 2. The number of anilines is 2. The molecule has 0 radical (unpaired) electrons. The number of nitrogens with zero attached hydrogens (tertiary/aromatic N) is 2. The Labute approximate surface area is 227 Å². The van der Waals surface area contributed by atoms with Gasteiger partial charge in [0.25, 0.3) is 11.8 Å². The van der Waals surface area contributed by atoms with Crippen molar-refractivity contribution in [3.05, 3.63) is 83.1 Å². The molecule has 5 rings (SSSR count). The third-order valence-corrected chi connectivity index (χ3v) is 6.37. The minimum absolute atomic E-state index is 0.210. The van der Waals surface area contributed by atoms with Gasteiger partial charge in [0.2, 0.25) is 0 Å². The summed E-state index contributed by atoms with van der Waals surface area (Å²) in [6.45, 7) is 0. The predicted molar refractivity (Wildman–Crippen MR) is 148 cm³/mol. The number of ether oxygens (including phenoxy) is 3. The second-order valence-electron chi connectivity index (χ2n) is 8.40. The minimum Gasteiger partial charge on any atom is -0.496 e. The van der Waals surface area contributed by atoms with Crippen LogP contribution in [0.4, 0.5) is 11.4 Å². The Bertz CT molecular complexity index is 1780. The van der Waals surface area contributed by atoms with E-state index in [-0.39, 0.29) is 11.1 Å². The fourth-order valence-corrected chi connectivity index (χ4v) is 4.39. The summed E-state index contributed by atoms with van der Waals surface area (Å²) in [5, 5.41) is 4.89. The van der Waals surface area contributed by atoms with E-state index in [2.05, 4.69) is 15.3 Å². The average molecular weight is 544 g/mol. The lowest BCUT2D eigenvalue weighted by molar-refractivity contribution is 0.0989. The van der Waals surface area contributed by atoms with E-state index < -0.39 is 11.8 Å². The number of hydrogen-bond donors (Lipinski definition) is 3. The summed E-state index contributed by atoms with van der Waals surface area (Å²) in [6.07, 6.45) is 3.21. The first kappa shape index (κ1) is 25.6. The molecule has 3 aromatic carbocycles. The summed E-state index contributed by atoms with van der Waals surface area (Å²) in [4.78, 5) is 32.5. The topological polar surface area (TPSA) is 152 Å². The lowest BCUT2D eigenvalue weighted by atomic mass is 10.1. The molecule has 0 aliphatic rings. The zero-order chi connectivity index (χ0) is 27.7. The number of carbonyl (C=O) groups excluding carboxylic acids is 2. The normalized spacial score (nSPS) is 10.8. The Kier molecular flexibility index (Phi) is 6.78. The number of amides is 2. The molecule has 2 aromatic heterocycles. The lowest BCUT2D eigenvalue weighted by Gasteiger charge is -2.15. The Morgan fingerprint density at radius 3 is 1.92 bits per heavy atom. The van der Waals surface area contributed by atoms with Crippen LogP contribution in [0.3, 0.4) is 0 Å². The van der Waals surface area contributed by atoms with E-state index in [1.165, 1.54) is 14.2 Å². The minimum atomic E-state index is -0.632. The smallest absolute Gasteiger partial charge is 0.252 e. The van der Waals surface area contributed by atoms with Crippen LogP contribution in [0.25, 0.3) is 21.8 Å². The van der Waals surface area contributed by atoms with E-state index in [4.69, 9.17) is 37.3 Å². The SMILES string of the molecule is COc1cc2nccc(Nc3ccc(Oc4ccnc5cc(OC)c(C(N)=O)cc45)cc3Cl)c2cc1C(N)=O. The summed E-state index contributed by atoms with van der Waals surface area (Å²) >= 11 is 6.61. The molecular weight excluding hydrogens is 522 g/mol. The molecule has 5 aromatic rings. The van der Waals surface area contributed by atoms with Gasteiger partial charge in [-0.15, -0.1) is 0 Å². The number of methoxy groups -OCH3 is 2. The molecule has 2 amide bonds. The molecule has 5 N–H and O–H groups in total. The maximum absolute atomic E-state index is 11.9. The molecular formula is C28H22ClN5O5. The van der Waals surface area contributed by atoms with Crippen LogP contribution in [-0.2, 0) is 0 Å². The van der Waals surface area contributed by atoms with Gasteiger partial charge in [-0.3, -0.25) is 19.6 Å². The zero-order valence-corrected chi connectivity index (χ0v) is 21.6. The maximum atomic E-state index is 11.9. The summed E-state index contributed by atoms with van der Waals surface area (Å²) in [6, 6.07) is 15.1. The fraction of sp³-hybridized carbons (Fsp3) is 0.0714. The molecule has 0 saturated carbocycles. The first-order valence-electron chi connectivity index (χ1n) is 11.6. The zero-order valence-electron chi connectivity index (χ0n) is 20.8. The van der Waals surface area contributed by atoms with Crippen molar-refractivity contribution in [3.8, 4) is 23.0 Å². The van der Waals surface area contributed by atoms with Crippen LogP contribution >= 0.6 is 11.6 Å². The molecule has 196 valence electrons. The molecule has 2 heterocycles. The molecule has 0 aliphatic heterocycles. The van der Waals surface area contributed by atoms with Gasteiger partial charge in [0.15, 0.2) is 0 Å². The van der Waals surface area contributed by atoms with Crippen LogP contribution in [0.15, 0.2) is 67.0 Å². The second-order valence-corrected chi connectivity index (χ2v) is 8.81. The van der Waals surface area contributed by atoms with Gasteiger partial charge < -0.3 is 31.0 Å². The monoisotopic (exact) mass is 543 g/mol. The van der Waals surface area contributed by atoms with Gasteiger partial charge >= 0.3 is 0 Å². The largest absolute Gasteiger partial charge is 0.496 e. The number of nitrogens with one attached hydrogen (secondary N) is 1. The summed E-state index contributed by atoms with van der Waals surface area (Å²) in [5.41, 5.74) is 13.9. The van der Waals surface area contributed by atoms with Gasteiger partial charge in [0.1, 0.15) is 23.0 Å². The van der Waals surface area contributed by atoms with Crippen molar-refractivity contribution < 1.29 is 23.8 Å². The molecule has 0 saturated heterocycles. The van der Waals surface area contributed by atoms with E-state index >= 15 is 0 Å². The molecule has 39 heavy (non-hydrogen) atoms. The van der Waals surface area contributed by atoms with Crippen LogP contribution in [-0.4, -0.2) is 36.0 Å². The first-order valence-corrected chi connectivity index (χ1v) is 11.9. The van der Waals surface area contributed by atoms with Crippen molar-refractivity contribution in [2.24, 2.45) is 11.5 Å². The van der Waals surface area contributed by atoms with Crippen molar-refractivity contribution in [1.29, 1.82) is 0 Å². The van der Waals surface area contributed by atoms with Crippen molar-refractivity contribution in [1.82, 2.24) is 9.97 Å². The number of benzene rings is 3. The molecule has 0 spiro atoms. The highest BCUT2D eigenvalue weighted by atomic mass is 35.5. The van der Waals surface area contributed by atoms with E-state index in [0.29, 0.717) is 61.2 Å². The van der Waals surface area contributed by atoms with E-state index in [9.17, 15) is 9.59 Å². The van der Waals surface area contributed by atoms with E-state index in [0.717, 1.165) is 0 Å². The van der Waals surface area contributed by atoms with Crippen LogP contribution < -0.4 is 31.0 Å². The van der Waals surface area contributed by atoms with Gasteiger partial charge in [-0.25, -0.2) is 0 Å². The third kappa shape index (κ3) is 4.92.